The molecule has 2 N–H and O–H groups in total. The number of azo groups is 1. The zero-order valence-corrected chi connectivity index (χ0v) is 14.0. The van der Waals surface area contributed by atoms with Crippen molar-refractivity contribution in [1.82, 2.24) is 15.2 Å². The van der Waals surface area contributed by atoms with Crippen molar-refractivity contribution >= 4 is 22.7 Å². The van der Waals surface area contributed by atoms with Gasteiger partial charge < -0.3 is 15.2 Å². The zero-order valence-electron chi connectivity index (χ0n) is 14.0. The van der Waals surface area contributed by atoms with Crippen LogP contribution in [0.3, 0.4) is 0 Å². The normalized spacial score (nSPS) is 18.3. The van der Waals surface area contributed by atoms with Gasteiger partial charge in [-0.2, -0.15) is 10.2 Å². The fraction of sp³-hybridized carbons (Fsp3) is 0.444. The largest absolute Gasteiger partial charge is 0.351 e. The Morgan fingerprint density at radius 1 is 1.16 bits per heavy atom. The highest BCUT2D eigenvalue weighted by molar-refractivity contribution is 6.02. The predicted octanol–water partition coefficient (Wildman–Crippen LogP) is 2.12. The van der Waals surface area contributed by atoms with E-state index in [-0.39, 0.29) is 17.9 Å². The van der Waals surface area contributed by atoms with Crippen molar-refractivity contribution in [1.29, 1.82) is 0 Å². The van der Waals surface area contributed by atoms with Gasteiger partial charge in [-0.05, 0) is 37.5 Å². The molecule has 2 aromatic rings. The molecule has 7 heteroatoms. The van der Waals surface area contributed by atoms with Crippen molar-refractivity contribution in [2.24, 2.45) is 10.2 Å². The first kappa shape index (κ1) is 15.8. The lowest BCUT2D eigenvalue weighted by Crippen LogP contribution is -2.37. The van der Waals surface area contributed by atoms with E-state index < -0.39 is 0 Å². The minimum atomic E-state index is -0.123. The Balaban J connectivity index is 1.67. The summed E-state index contributed by atoms with van der Waals surface area (Å²) >= 11 is 0. The SMILES string of the molecule is O=C(NC1CN=NC1)c1ccc2cc3n(c2c1)CCCCCNC3=O. The van der Waals surface area contributed by atoms with E-state index in [4.69, 9.17) is 0 Å². The first-order valence-corrected chi connectivity index (χ1v) is 8.78. The fourth-order valence-electron chi connectivity index (χ4n) is 3.42. The summed E-state index contributed by atoms with van der Waals surface area (Å²) in [6, 6.07) is 7.48. The molecule has 1 aromatic carbocycles. The summed E-state index contributed by atoms with van der Waals surface area (Å²) in [4.78, 5) is 24.9. The van der Waals surface area contributed by atoms with Crippen LogP contribution < -0.4 is 10.6 Å². The molecule has 7 nitrogen and oxygen atoms in total. The lowest BCUT2D eigenvalue weighted by atomic mass is 10.1. The molecule has 0 saturated heterocycles. The standard InChI is InChI=1S/C18H21N5O2/c24-17(22-14-10-20-21-11-14)13-5-4-12-8-16-18(25)19-6-2-1-3-7-23(16)15(12)9-13/h4-5,8-9,14H,1-3,6-7,10-11H2,(H,19,25)(H,22,24). The average Bonchev–Trinajstić information content (AvgIpc) is 3.25. The molecule has 0 unspecified atom stereocenters. The second-order valence-electron chi connectivity index (χ2n) is 6.59. The lowest BCUT2D eigenvalue weighted by molar-refractivity contribution is 0.0936. The summed E-state index contributed by atoms with van der Waals surface area (Å²) < 4.78 is 2.03. The maximum Gasteiger partial charge on any atom is 0.267 e. The number of carbonyl (C=O) groups excluding carboxylic acids is 2. The topological polar surface area (TPSA) is 87.8 Å². The first-order valence-electron chi connectivity index (χ1n) is 8.78. The minimum Gasteiger partial charge on any atom is -0.351 e. The summed E-state index contributed by atoms with van der Waals surface area (Å²) in [6.45, 7) is 2.58. The Morgan fingerprint density at radius 3 is 2.84 bits per heavy atom. The van der Waals surface area contributed by atoms with Crippen LogP contribution in [-0.2, 0) is 6.54 Å². The number of aryl methyl sites for hydroxylation is 1. The summed E-state index contributed by atoms with van der Waals surface area (Å²) in [7, 11) is 0. The van der Waals surface area contributed by atoms with Crippen LogP contribution in [0, 0.1) is 0 Å². The van der Waals surface area contributed by atoms with E-state index in [9.17, 15) is 9.59 Å². The van der Waals surface area contributed by atoms with E-state index in [2.05, 4.69) is 20.9 Å². The molecule has 2 aliphatic heterocycles. The maximum absolute atomic E-state index is 12.5. The Hall–Kier alpha value is -2.70. The van der Waals surface area contributed by atoms with Gasteiger partial charge in [-0.3, -0.25) is 9.59 Å². The molecule has 0 fully saturated rings. The van der Waals surface area contributed by atoms with Crippen LogP contribution in [0.25, 0.3) is 10.9 Å². The molecule has 0 saturated carbocycles. The van der Waals surface area contributed by atoms with Crippen LogP contribution >= 0.6 is 0 Å². The van der Waals surface area contributed by atoms with Crippen molar-refractivity contribution < 1.29 is 9.59 Å². The zero-order chi connectivity index (χ0) is 17.2. The van der Waals surface area contributed by atoms with E-state index in [1.807, 2.05) is 22.8 Å². The number of nitrogens with zero attached hydrogens (tertiary/aromatic N) is 3. The van der Waals surface area contributed by atoms with Gasteiger partial charge in [0.1, 0.15) is 5.69 Å². The molecule has 0 bridgehead atoms. The molecule has 1 aromatic heterocycles. The number of fused-ring (bicyclic) bond motifs is 3. The van der Waals surface area contributed by atoms with Crippen LogP contribution in [0.4, 0.5) is 0 Å². The summed E-state index contributed by atoms with van der Waals surface area (Å²) in [5.41, 5.74) is 2.20. The highest BCUT2D eigenvalue weighted by Gasteiger charge is 2.20. The monoisotopic (exact) mass is 339 g/mol. The lowest BCUT2D eigenvalue weighted by Gasteiger charge is -2.11. The van der Waals surface area contributed by atoms with Gasteiger partial charge >= 0.3 is 0 Å². The van der Waals surface area contributed by atoms with E-state index in [1.54, 1.807) is 6.07 Å². The van der Waals surface area contributed by atoms with Gasteiger partial charge in [0.2, 0.25) is 0 Å². The number of hydrogen-bond donors (Lipinski definition) is 2. The molecular weight excluding hydrogens is 318 g/mol. The summed E-state index contributed by atoms with van der Waals surface area (Å²) in [6.07, 6.45) is 3.10. The van der Waals surface area contributed by atoms with Gasteiger partial charge in [-0.15, -0.1) is 0 Å². The highest BCUT2D eigenvalue weighted by Crippen LogP contribution is 2.23. The average molecular weight is 339 g/mol. The predicted molar refractivity (Wildman–Crippen MR) is 94.0 cm³/mol. The highest BCUT2D eigenvalue weighted by atomic mass is 16.2. The van der Waals surface area contributed by atoms with Crippen molar-refractivity contribution in [2.75, 3.05) is 19.6 Å². The number of aromatic nitrogens is 1. The first-order chi connectivity index (χ1) is 12.2. The fourth-order valence-corrected chi connectivity index (χ4v) is 3.42. The molecule has 25 heavy (non-hydrogen) atoms. The van der Waals surface area contributed by atoms with Crippen LogP contribution in [0.2, 0.25) is 0 Å². The Bertz CT molecular complexity index is 847. The van der Waals surface area contributed by atoms with Crippen molar-refractivity contribution in [3.05, 3.63) is 35.5 Å². The number of hydrogen-bond acceptors (Lipinski definition) is 4. The van der Waals surface area contributed by atoms with Crippen LogP contribution in [-0.4, -0.2) is 42.1 Å². The molecule has 0 aliphatic carbocycles. The summed E-state index contributed by atoms with van der Waals surface area (Å²) in [5, 5.41) is 14.7. The van der Waals surface area contributed by atoms with Crippen molar-refractivity contribution in [2.45, 2.75) is 31.8 Å². The van der Waals surface area contributed by atoms with Crippen molar-refractivity contribution in [3.63, 3.8) is 0 Å². The second kappa shape index (κ2) is 6.66. The van der Waals surface area contributed by atoms with Crippen LogP contribution in [0.15, 0.2) is 34.5 Å². The number of nitrogens with one attached hydrogen (secondary N) is 2. The molecule has 4 rings (SSSR count). The van der Waals surface area contributed by atoms with Crippen molar-refractivity contribution in [3.8, 4) is 0 Å². The number of carbonyl (C=O) groups is 2. The molecule has 0 atom stereocenters. The smallest absolute Gasteiger partial charge is 0.267 e. The van der Waals surface area contributed by atoms with E-state index in [0.717, 1.165) is 36.7 Å². The van der Waals surface area contributed by atoms with Gasteiger partial charge in [0.25, 0.3) is 11.8 Å². The maximum atomic E-state index is 12.5. The minimum absolute atomic E-state index is 0.0228. The number of amides is 2. The van der Waals surface area contributed by atoms with Gasteiger partial charge in [-0.25, -0.2) is 0 Å². The Morgan fingerprint density at radius 2 is 2.00 bits per heavy atom. The third-order valence-corrected chi connectivity index (χ3v) is 4.78. The second-order valence-corrected chi connectivity index (χ2v) is 6.59. The summed E-state index contributed by atoms with van der Waals surface area (Å²) in [5.74, 6) is -0.166. The van der Waals surface area contributed by atoms with Crippen LogP contribution in [0.1, 0.15) is 40.1 Å². The molecule has 2 aliphatic rings. The third-order valence-electron chi connectivity index (χ3n) is 4.78. The molecular formula is C18H21N5O2. The third kappa shape index (κ3) is 3.14. The number of benzene rings is 1. The molecule has 0 radical (unpaired) electrons. The quantitative estimate of drug-likeness (QED) is 0.878. The number of rotatable bonds is 2. The van der Waals surface area contributed by atoms with Gasteiger partial charge in [0, 0.05) is 29.6 Å². The van der Waals surface area contributed by atoms with Crippen LogP contribution in [0.5, 0.6) is 0 Å². The molecule has 0 spiro atoms. The Labute approximate surface area is 145 Å². The van der Waals surface area contributed by atoms with E-state index in [1.165, 1.54) is 0 Å². The molecule has 2 amide bonds. The Kier molecular flexibility index (Phi) is 4.21. The van der Waals surface area contributed by atoms with Gasteiger partial charge in [-0.1, -0.05) is 6.07 Å². The van der Waals surface area contributed by atoms with Gasteiger partial charge in [0.05, 0.1) is 19.1 Å². The molecule has 3 heterocycles. The van der Waals surface area contributed by atoms with E-state index >= 15 is 0 Å². The van der Waals surface area contributed by atoms with Gasteiger partial charge in [0.15, 0.2) is 0 Å². The van der Waals surface area contributed by atoms with E-state index in [0.29, 0.717) is 30.9 Å². The molecule has 130 valence electrons.